The van der Waals surface area contributed by atoms with E-state index in [9.17, 15) is 8.42 Å². The maximum Gasteiger partial charge on any atom is 0.240 e. The van der Waals surface area contributed by atoms with Crippen molar-refractivity contribution >= 4 is 31.6 Å². The van der Waals surface area contributed by atoms with Crippen molar-refractivity contribution in [3.63, 3.8) is 0 Å². The molecule has 0 bridgehead atoms. The number of hydrogen-bond donors (Lipinski definition) is 1. The Morgan fingerprint density at radius 2 is 1.90 bits per heavy atom. The van der Waals surface area contributed by atoms with Crippen molar-refractivity contribution in [2.45, 2.75) is 37.5 Å². The molecule has 21 heavy (non-hydrogen) atoms. The Morgan fingerprint density at radius 3 is 2.43 bits per heavy atom. The van der Waals surface area contributed by atoms with Crippen LogP contribution in [0.5, 0.6) is 0 Å². The van der Waals surface area contributed by atoms with Crippen LogP contribution in [0.4, 0.5) is 5.69 Å². The second kappa shape index (κ2) is 5.56. The summed E-state index contributed by atoms with van der Waals surface area (Å²) in [4.78, 5) is 2.67. The second-order valence-electron chi connectivity index (χ2n) is 6.10. The Hall–Kier alpha value is -0.590. The summed E-state index contributed by atoms with van der Waals surface area (Å²) in [7, 11) is -3.39. The molecule has 0 unspecified atom stereocenters. The Bertz CT molecular complexity index is 631. The highest BCUT2D eigenvalue weighted by Crippen LogP contribution is 2.54. The van der Waals surface area contributed by atoms with Crippen LogP contribution in [0.25, 0.3) is 0 Å². The van der Waals surface area contributed by atoms with Crippen LogP contribution < -0.4 is 9.62 Å². The summed E-state index contributed by atoms with van der Waals surface area (Å²) in [6, 6.07) is 5.31. The Labute approximate surface area is 135 Å². The van der Waals surface area contributed by atoms with Crippen molar-refractivity contribution in [1.82, 2.24) is 4.72 Å². The third kappa shape index (κ3) is 3.12. The minimum absolute atomic E-state index is 0.315. The number of rotatable bonds is 4. The SMILES string of the molecule is CCNS(=O)(=O)c1ccc(N2CCC3(CC2)CC3)c(Br)c1. The minimum atomic E-state index is -3.39. The highest BCUT2D eigenvalue weighted by Gasteiger charge is 2.44. The van der Waals surface area contributed by atoms with Crippen LogP contribution in [0.1, 0.15) is 32.6 Å². The van der Waals surface area contributed by atoms with Gasteiger partial charge in [0.1, 0.15) is 0 Å². The fourth-order valence-electron chi connectivity index (χ4n) is 3.08. The van der Waals surface area contributed by atoms with Gasteiger partial charge in [-0.05, 0) is 65.2 Å². The summed E-state index contributed by atoms with van der Waals surface area (Å²) in [6.07, 6.45) is 5.30. The number of anilines is 1. The quantitative estimate of drug-likeness (QED) is 0.882. The van der Waals surface area contributed by atoms with Crippen LogP contribution >= 0.6 is 15.9 Å². The summed E-state index contributed by atoms with van der Waals surface area (Å²) in [6.45, 7) is 4.31. The molecule has 116 valence electrons. The molecule has 1 N–H and O–H groups in total. The van der Waals surface area contributed by atoms with Gasteiger partial charge in [0.2, 0.25) is 10.0 Å². The van der Waals surface area contributed by atoms with E-state index in [1.54, 1.807) is 19.1 Å². The van der Waals surface area contributed by atoms with E-state index < -0.39 is 10.0 Å². The third-order valence-electron chi connectivity index (χ3n) is 4.69. The molecule has 1 saturated heterocycles. The van der Waals surface area contributed by atoms with Crippen LogP contribution in [0, 0.1) is 5.41 Å². The van der Waals surface area contributed by atoms with E-state index in [0.29, 0.717) is 16.9 Å². The van der Waals surface area contributed by atoms with Crippen LogP contribution in [0.3, 0.4) is 0 Å². The zero-order valence-corrected chi connectivity index (χ0v) is 14.6. The smallest absolute Gasteiger partial charge is 0.240 e. The van der Waals surface area contributed by atoms with Gasteiger partial charge in [0.25, 0.3) is 0 Å². The average molecular weight is 373 g/mol. The van der Waals surface area contributed by atoms with Gasteiger partial charge in [-0.1, -0.05) is 6.92 Å². The molecule has 4 nitrogen and oxygen atoms in total. The van der Waals surface area contributed by atoms with Gasteiger partial charge in [0.15, 0.2) is 0 Å². The number of hydrogen-bond acceptors (Lipinski definition) is 3. The van der Waals surface area contributed by atoms with E-state index in [4.69, 9.17) is 0 Å². The van der Waals surface area contributed by atoms with Crippen molar-refractivity contribution in [1.29, 1.82) is 0 Å². The predicted molar refractivity (Wildman–Crippen MR) is 88.1 cm³/mol. The maximum absolute atomic E-state index is 12.0. The highest BCUT2D eigenvalue weighted by molar-refractivity contribution is 9.10. The fraction of sp³-hybridized carbons (Fsp3) is 0.600. The monoisotopic (exact) mass is 372 g/mol. The number of nitrogens with one attached hydrogen (secondary N) is 1. The molecule has 1 aliphatic heterocycles. The van der Waals surface area contributed by atoms with E-state index in [2.05, 4.69) is 25.6 Å². The molecular weight excluding hydrogens is 352 g/mol. The summed E-state index contributed by atoms with van der Waals surface area (Å²) < 4.78 is 27.4. The number of halogens is 1. The first-order valence-electron chi connectivity index (χ1n) is 7.50. The molecule has 0 atom stereocenters. The number of nitrogens with zero attached hydrogens (tertiary/aromatic N) is 1. The zero-order chi connectivity index (χ0) is 15.1. The average Bonchev–Trinajstić information content (AvgIpc) is 3.19. The molecule has 6 heteroatoms. The van der Waals surface area contributed by atoms with E-state index in [-0.39, 0.29) is 0 Å². The number of sulfonamides is 1. The molecule has 1 aromatic rings. The van der Waals surface area contributed by atoms with Crippen LogP contribution in [-0.2, 0) is 10.0 Å². The van der Waals surface area contributed by atoms with Gasteiger partial charge in [0, 0.05) is 24.1 Å². The standard InChI is InChI=1S/C15H21BrN2O2S/c1-2-17-21(19,20)12-3-4-14(13(16)11-12)18-9-7-15(5-6-15)8-10-18/h3-4,11,17H,2,5-10H2,1H3. The van der Waals surface area contributed by atoms with Crippen molar-refractivity contribution in [3.8, 4) is 0 Å². The largest absolute Gasteiger partial charge is 0.371 e. The first-order valence-corrected chi connectivity index (χ1v) is 9.78. The molecule has 0 aromatic heterocycles. The lowest BCUT2D eigenvalue weighted by Crippen LogP contribution is -2.34. The topological polar surface area (TPSA) is 49.4 Å². The van der Waals surface area contributed by atoms with Crippen LogP contribution in [0.15, 0.2) is 27.6 Å². The predicted octanol–water partition coefficient (Wildman–Crippen LogP) is 3.13. The summed E-state index contributed by atoms with van der Waals surface area (Å²) >= 11 is 3.54. The molecule has 2 fully saturated rings. The lowest BCUT2D eigenvalue weighted by atomic mass is 9.93. The van der Waals surface area contributed by atoms with E-state index in [0.717, 1.165) is 23.2 Å². The molecule has 1 heterocycles. The van der Waals surface area contributed by atoms with Gasteiger partial charge in [-0.25, -0.2) is 13.1 Å². The van der Waals surface area contributed by atoms with Crippen molar-refractivity contribution in [2.24, 2.45) is 5.41 Å². The molecular formula is C15H21BrN2O2S. The Morgan fingerprint density at radius 1 is 1.24 bits per heavy atom. The lowest BCUT2D eigenvalue weighted by molar-refractivity contribution is 0.384. The molecule has 1 saturated carbocycles. The molecule has 1 spiro atoms. The maximum atomic E-state index is 12.0. The van der Waals surface area contributed by atoms with Crippen LogP contribution in [0.2, 0.25) is 0 Å². The van der Waals surface area contributed by atoms with E-state index in [1.807, 2.05) is 6.07 Å². The highest BCUT2D eigenvalue weighted by atomic mass is 79.9. The van der Waals surface area contributed by atoms with E-state index in [1.165, 1.54) is 25.7 Å². The molecule has 1 aliphatic carbocycles. The normalized spacial score (nSPS) is 20.8. The first kappa shape index (κ1) is 15.3. The number of piperidine rings is 1. The van der Waals surface area contributed by atoms with Gasteiger partial charge in [-0.2, -0.15) is 0 Å². The third-order valence-corrected chi connectivity index (χ3v) is 6.86. The molecule has 0 amide bonds. The van der Waals surface area contributed by atoms with Gasteiger partial charge < -0.3 is 4.90 Å². The molecule has 3 rings (SSSR count). The van der Waals surface area contributed by atoms with Gasteiger partial charge in [0.05, 0.1) is 10.6 Å². The van der Waals surface area contributed by atoms with Gasteiger partial charge in [-0.3, -0.25) is 0 Å². The van der Waals surface area contributed by atoms with Gasteiger partial charge >= 0.3 is 0 Å². The Balaban J connectivity index is 1.78. The minimum Gasteiger partial charge on any atom is -0.371 e. The Kier molecular flexibility index (Phi) is 4.05. The van der Waals surface area contributed by atoms with E-state index >= 15 is 0 Å². The first-order chi connectivity index (χ1) is 9.96. The summed E-state index contributed by atoms with van der Waals surface area (Å²) in [5, 5.41) is 0. The van der Waals surface area contributed by atoms with Crippen molar-refractivity contribution in [3.05, 3.63) is 22.7 Å². The summed E-state index contributed by atoms with van der Waals surface area (Å²) in [5.41, 5.74) is 1.75. The van der Waals surface area contributed by atoms with Crippen molar-refractivity contribution < 1.29 is 8.42 Å². The fourth-order valence-corrected chi connectivity index (χ4v) is 4.93. The van der Waals surface area contributed by atoms with Crippen molar-refractivity contribution in [2.75, 3.05) is 24.5 Å². The lowest BCUT2D eigenvalue weighted by Gasteiger charge is -2.34. The summed E-state index contributed by atoms with van der Waals surface area (Å²) in [5.74, 6) is 0. The molecule has 1 aromatic carbocycles. The molecule has 0 radical (unpaired) electrons. The zero-order valence-electron chi connectivity index (χ0n) is 12.2. The number of benzene rings is 1. The second-order valence-corrected chi connectivity index (χ2v) is 8.72. The van der Waals surface area contributed by atoms with Crippen LogP contribution in [-0.4, -0.2) is 28.1 Å². The van der Waals surface area contributed by atoms with Gasteiger partial charge in [-0.15, -0.1) is 0 Å². The molecule has 2 aliphatic rings.